The maximum absolute atomic E-state index is 12.8. The summed E-state index contributed by atoms with van der Waals surface area (Å²) in [5.41, 5.74) is 7.56. The molecule has 2 unspecified atom stereocenters. The lowest BCUT2D eigenvalue weighted by Crippen LogP contribution is -2.34. The second-order valence-electron chi connectivity index (χ2n) is 8.73. The van der Waals surface area contributed by atoms with Crippen molar-refractivity contribution in [3.05, 3.63) is 114 Å². The third kappa shape index (κ3) is 4.30. The van der Waals surface area contributed by atoms with Crippen LogP contribution in [0.15, 0.2) is 101 Å². The Labute approximate surface area is 197 Å². The summed E-state index contributed by atoms with van der Waals surface area (Å²) >= 11 is 0. The Hall–Kier alpha value is -3.96. The van der Waals surface area contributed by atoms with Crippen LogP contribution in [0, 0.1) is 0 Å². The number of aliphatic hydroxyl groups is 1. The van der Waals surface area contributed by atoms with Gasteiger partial charge in [0.1, 0.15) is 11.1 Å². The van der Waals surface area contributed by atoms with Gasteiger partial charge in [0.15, 0.2) is 5.58 Å². The molecule has 0 spiro atoms. The lowest BCUT2D eigenvalue weighted by molar-refractivity contribution is -0.121. The van der Waals surface area contributed by atoms with Gasteiger partial charge in [0.25, 0.3) is 0 Å². The van der Waals surface area contributed by atoms with Gasteiger partial charge in [-0.1, -0.05) is 84.9 Å². The number of nitrogens with zero attached hydrogens (tertiary/aromatic N) is 1. The standard InChI is InChI=1S/C29H26N2O3/c30-27(32)24(23-14-8-12-21-11-4-5-13-22(21)23)19-29(33,18-17-20-9-2-1-3-10-20)28-31-25-15-6-7-16-26(25)34-28/h1-16,24,33H,17-19H2,(H2,30,32). The summed E-state index contributed by atoms with van der Waals surface area (Å²) in [5, 5.41) is 14.0. The summed E-state index contributed by atoms with van der Waals surface area (Å²) in [7, 11) is 0. The number of amides is 1. The van der Waals surface area contributed by atoms with E-state index in [1.807, 2.05) is 97.1 Å². The van der Waals surface area contributed by atoms with Crippen molar-refractivity contribution >= 4 is 27.8 Å². The molecule has 5 nitrogen and oxygen atoms in total. The molecule has 1 heterocycles. The minimum absolute atomic E-state index is 0.0655. The molecule has 1 amide bonds. The van der Waals surface area contributed by atoms with Crippen molar-refractivity contribution in [1.82, 2.24) is 4.98 Å². The number of primary amides is 1. The molecule has 0 aliphatic rings. The fraction of sp³-hybridized carbons (Fsp3) is 0.172. The van der Waals surface area contributed by atoms with Gasteiger partial charge < -0.3 is 15.3 Å². The van der Waals surface area contributed by atoms with Crippen LogP contribution in [0.2, 0.25) is 0 Å². The molecule has 0 bridgehead atoms. The van der Waals surface area contributed by atoms with Crippen molar-refractivity contribution in [1.29, 1.82) is 0 Å². The summed E-state index contributed by atoms with van der Waals surface area (Å²) in [6, 6.07) is 31.0. The van der Waals surface area contributed by atoms with Crippen molar-refractivity contribution in [2.45, 2.75) is 30.8 Å². The minimum Gasteiger partial charge on any atom is -0.438 e. The van der Waals surface area contributed by atoms with E-state index in [4.69, 9.17) is 10.2 Å². The maximum atomic E-state index is 12.8. The Bertz CT molecular complexity index is 1410. The van der Waals surface area contributed by atoms with Crippen LogP contribution in [0.1, 0.15) is 35.8 Å². The molecule has 34 heavy (non-hydrogen) atoms. The first-order valence-electron chi connectivity index (χ1n) is 11.4. The van der Waals surface area contributed by atoms with Crippen LogP contribution < -0.4 is 5.73 Å². The topological polar surface area (TPSA) is 89.4 Å². The van der Waals surface area contributed by atoms with Crippen LogP contribution in [-0.2, 0) is 16.8 Å². The summed E-state index contributed by atoms with van der Waals surface area (Å²) < 4.78 is 6.01. The van der Waals surface area contributed by atoms with Crippen LogP contribution in [0.4, 0.5) is 0 Å². The molecule has 5 rings (SSSR count). The van der Waals surface area contributed by atoms with Gasteiger partial charge in [-0.05, 0) is 46.9 Å². The molecular formula is C29H26N2O3. The molecule has 5 aromatic rings. The van der Waals surface area contributed by atoms with Gasteiger partial charge in [0, 0.05) is 6.42 Å². The van der Waals surface area contributed by atoms with Crippen molar-refractivity contribution < 1.29 is 14.3 Å². The highest BCUT2D eigenvalue weighted by atomic mass is 16.4. The molecule has 0 fully saturated rings. The molecule has 0 aliphatic heterocycles. The number of aryl methyl sites for hydroxylation is 1. The summed E-state index contributed by atoms with van der Waals surface area (Å²) in [6.07, 6.45) is 0.992. The third-order valence-electron chi connectivity index (χ3n) is 6.45. The first-order chi connectivity index (χ1) is 16.5. The van der Waals surface area contributed by atoms with E-state index in [9.17, 15) is 9.90 Å². The van der Waals surface area contributed by atoms with Crippen LogP contribution >= 0.6 is 0 Å². The number of benzene rings is 4. The number of carbonyl (C=O) groups is 1. The van der Waals surface area contributed by atoms with E-state index in [1.54, 1.807) is 0 Å². The highest BCUT2D eigenvalue weighted by Gasteiger charge is 2.39. The zero-order chi connectivity index (χ0) is 23.5. The Kier molecular flexibility index (Phi) is 5.86. The molecule has 4 aromatic carbocycles. The number of nitrogens with two attached hydrogens (primary N) is 1. The summed E-state index contributed by atoms with van der Waals surface area (Å²) in [5.74, 6) is -1.01. The first-order valence-corrected chi connectivity index (χ1v) is 11.4. The van der Waals surface area contributed by atoms with Crippen molar-refractivity contribution in [2.24, 2.45) is 5.73 Å². The first kappa shape index (κ1) is 21.9. The quantitative estimate of drug-likeness (QED) is 0.328. The maximum Gasteiger partial charge on any atom is 0.227 e. The van der Waals surface area contributed by atoms with E-state index in [1.165, 1.54) is 0 Å². The summed E-state index contributed by atoms with van der Waals surface area (Å²) in [6.45, 7) is 0. The molecule has 2 atom stereocenters. The molecule has 170 valence electrons. The predicted molar refractivity (Wildman–Crippen MR) is 133 cm³/mol. The minimum atomic E-state index is -1.49. The van der Waals surface area contributed by atoms with E-state index < -0.39 is 17.4 Å². The molecule has 5 heteroatoms. The number of carbonyl (C=O) groups excluding carboxylic acids is 1. The van der Waals surface area contributed by atoms with E-state index in [-0.39, 0.29) is 12.3 Å². The molecule has 0 aliphatic carbocycles. The average Bonchev–Trinajstić information content (AvgIpc) is 3.32. The third-order valence-corrected chi connectivity index (χ3v) is 6.45. The van der Waals surface area contributed by atoms with E-state index >= 15 is 0 Å². The highest BCUT2D eigenvalue weighted by Crippen LogP contribution is 2.39. The smallest absolute Gasteiger partial charge is 0.227 e. The molecule has 0 saturated heterocycles. The fourth-order valence-corrected chi connectivity index (χ4v) is 4.62. The molecule has 0 radical (unpaired) electrons. The Balaban J connectivity index is 1.57. The molecule has 1 aromatic heterocycles. The predicted octanol–water partition coefficient (Wildman–Crippen LogP) is 5.46. The fourth-order valence-electron chi connectivity index (χ4n) is 4.62. The van der Waals surface area contributed by atoms with Crippen LogP contribution in [0.25, 0.3) is 21.9 Å². The number of hydrogen-bond donors (Lipinski definition) is 2. The molecule has 0 saturated carbocycles. The Morgan fingerprint density at radius 1 is 0.912 bits per heavy atom. The van der Waals surface area contributed by atoms with E-state index in [0.29, 0.717) is 23.9 Å². The van der Waals surface area contributed by atoms with Crippen molar-refractivity contribution in [3.63, 3.8) is 0 Å². The monoisotopic (exact) mass is 450 g/mol. The van der Waals surface area contributed by atoms with Crippen molar-refractivity contribution in [2.75, 3.05) is 0 Å². The average molecular weight is 451 g/mol. The SMILES string of the molecule is NC(=O)C(CC(O)(CCc1ccccc1)c1nc2ccccc2o1)c1cccc2ccccc12. The van der Waals surface area contributed by atoms with E-state index in [2.05, 4.69) is 4.98 Å². The molecule has 3 N–H and O–H groups in total. The van der Waals surface area contributed by atoms with Gasteiger partial charge in [-0.25, -0.2) is 4.98 Å². The number of rotatable bonds is 8. The van der Waals surface area contributed by atoms with Crippen LogP contribution in [0.3, 0.4) is 0 Å². The van der Waals surface area contributed by atoms with Gasteiger partial charge in [-0.2, -0.15) is 0 Å². The van der Waals surface area contributed by atoms with Crippen LogP contribution in [-0.4, -0.2) is 16.0 Å². The number of oxazole rings is 1. The number of para-hydroxylation sites is 2. The van der Waals surface area contributed by atoms with Gasteiger partial charge >= 0.3 is 0 Å². The lowest BCUT2D eigenvalue weighted by atomic mass is 9.80. The zero-order valence-corrected chi connectivity index (χ0v) is 18.7. The largest absolute Gasteiger partial charge is 0.438 e. The van der Waals surface area contributed by atoms with Gasteiger partial charge in [-0.15, -0.1) is 0 Å². The van der Waals surface area contributed by atoms with E-state index in [0.717, 1.165) is 21.9 Å². The zero-order valence-electron chi connectivity index (χ0n) is 18.7. The van der Waals surface area contributed by atoms with Gasteiger partial charge in [0.2, 0.25) is 11.8 Å². The number of hydrogen-bond acceptors (Lipinski definition) is 4. The Morgan fingerprint density at radius 3 is 2.41 bits per heavy atom. The van der Waals surface area contributed by atoms with Crippen LogP contribution in [0.5, 0.6) is 0 Å². The lowest BCUT2D eigenvalue weighted by Gasteiger charge is -2.29. The highest BCUT2D eigenvalue weighted by molar-refractivity contribution is 5.92. The normalized spacial score (nSPS) is 14.1. The van der Waals surface area contributed by atoms with Gasteiger partial charge in [0.05, 0.1) is 5.92 Å². The van der Waals surface area contributed by atoms with Crippen molar-refractivity contribution in [3.8, 4) is 0 Å². The second kappa shape index (κ2) is 9.12. The number of aromatic nitrogens is 1. The summed E-state index contributed by atoms with van der Waals surface area (Å²) in [4.78, 5) is 17.4. The molecular weight excluding hydrogens is 424 g/mol. The second-order valence-corrected chi connectivity index (χ2v) is 8.73. The van der Waals surface area contributed by atoms with Gasteiger partial charge in [-0.3, -0.25) is 4.79 Å². The Morgan fingerprint density at radius 2 is 1.62 bits per heavy atom. The number of fused-ring (bicyclic) bond motifs is 2.